The van der Waals surface area contributed by atoms with Crippen LogP contribution in [0.5, 0.6) is 0 Å². The number of nitrogens with zero attached hydrogens (tertiary/aromatic N) is 5. The van der Waals surface area contributed by atoms with E-state index in [0.717, 1.165) is 50.4 Å². The van der Waals surface area contributed by atoms with Crippen LogP contribution in [0.4, 0.5) is 5.69 Å². The van der Waals surface area contributed by atoms with Crippen molar-refractivity contribution < 1.29 is 9.69 Å². The molecule has 1 fully saturated rings. The minimum absolute atomic E-state index is 0.00538. The van der Waals surface area contributed by atoms with Gasteiger partial charge < -0.3 is 15.5 Å². The lowest BCUT2D eigenvalue weighted by atomic mass is 9.93. The van der Waals surface area contributed by atoms with E-state index in [9.17, 15) is 4.79 Å². The molecule has 32 heavy (non-hydrogen) atoms. The fourth-order valence-corrected chi connectivity index (χ4v) is 4.55. The van der Waals surface area contributed by atoms with Gasteiger partial charge in [0.25, 0.3) is 0 Å². The Bertz CT molecular complexity index is 1010. The van der Waals surface area contributed by atoms with E-state index in [0.29, 0.717) is 0 Å². The molecule has 1 aromatic heterocycles. The Morgan fingerprint density at radius 3 is 2.44 bits per heavy atom. The number of carbonyl (C=O) groups is 1. The van der Waals surface area contributed by atoms with Gasteiger partial charge in [-0.05, 0) is 34.5 Å². The number of nitrogens with two attached hydrogens (primary N) is 1. The molecule has 1 atom stereocenters. The lowest BCUT2D eigenvalue weighted by Gasteiger charge is -2.33. The summed E-state index contributed by atoms with van der Waals surface area (Å²) in [6.45, 7) is 2.44. The maximum absolute atomic E-state index is 11.7. The van der Waals surface area contributed by atoms with Crippen molar-refractivity contribution in [3.63, 3.8) is 0 Å². The molecule has 1 amide bonds. The van der Waals surface area contributed by atoms with Crippen LogP contribution in [0.25, 0.3) is 0 Å². The van der Waals surface area contributed by atoms with Crippen LogP contribution in [0.15, 0.2) is 54.6 Å². The van der Waals surface area contributed by atoms with Crippen molar-refractivity contribution in [3.8, 4) is 0 Å². The van der Waals surface area contributed by atoms with E-state index < -0.39 is 0 Å². The first-order valence-electron chi connectivity index (χ1n) is 11.2. The summed E-state index contributed by atoms with van der Waals surface area (Å²) in [7, 11) is 4.08. The summed E-state index contributed by atoms with van der Waals surface area (Å²) in [5.74, 6) is 0.638. The Balaban J connectivity index is 1.61. The van der Waals surface area contributed by atoms with Crippen molar-refractivity contribution in [3.05, 3.63) is 71.5 Å². The third-order valence-corrected chi connectivity index (χ3v) is 6.45. The molecular weight excluding hydrogens is 402 g/mol. The summed E-state index contributed by atoms with van der Waals surface area (Å²) in [5.41, 5.74) is 9.16. The Labute approximate surface area is 189 Å². The molecular formula is C24H32N7O+. The zero-order valence-electron chi connectivity index (χ0n) is 18.8. The van der Waals surface area contributed by atoms with Gasteiger partial charge in [0.15, 0.2) is 6.04 Å². The Kier molecular flexibility index (Phi) is 6.80. The van der Waals surface area contributed by atoms with Crippen molar-refractivity contribution in [1.82, 2.24) is 20.2 Å². The number of aromatic nitrogens is 4. The molecule has 2 aromatic carbocycles. The summed E-state index contributed by atoms with van der Waals surface area (Å²) in [4.78, 5) is 15.1. The summed E-state index contributed by atoms with van der Waals surface area (Å²) < 4.78 is 1.94. The Morgan fingerprint density at radius 2 is 1.81 bits per heavy atom. The third-order valence-electron chi connectivity index (χ3n) is 6.45. The number of rotatable bonds is 8. The highest BCUT2D eigenvalue weighted by atomic mass is 16.1. The highest BCUT2D eigenvalue weighted by Crippen LogP contribution is 2.22. The molecule has 1 saturated heterocycles. The zero-order chi connectivity index (χ0) is 22.5. The molecule has 0 bridgehead atoms. The van der Waals surface area contributed by atoms with Gasteiger partial charge in [0, 0.05) is 50.7 Å². The number of nitrogens with one attached hydrogen (secondary N) is 1. The first kappa shape index (κ1) is 22.0. The lowest BCUT2D eigenvalue weighted by molar-refractivity contribution is -0.931. The van der Waals surface area contributed by atoms with Gasteiger partial charge in [-0.2, -0.15) is 0 Å². The van der Waals surface area contributed by atoms with E-state index in [1.807, 2.05) is 24.8 Å². The van der Waals surface area contributed by atoms with Gasteiger partial charge in [0.2, 0.25) is 11.7 Å². The zero-order valence-corrected chi connectivity index (χ0v) is 18.8. The largest absolute Gasteiger partial charge is 0.378 e. The summed E-state index contributed by atoms with van der Waals surface area (Å²) >= 11 is 0. The minimum Gasteiger partial charge on any atom is -0.378 e. The Hall–Kier alpha value is -3.26. The van der Waals surface area contributed by atoms with Crippen molar-refractivity contribution in [2.45, 2.75) is 31.8 Å². The van der Waals surface area contributed by atoms with Gasteiger partial charge in [-0.3, -0.25) is 4.79 Å². The quantitative estimate of drug-likeness (QED) is 0.548. The lowest BCUT2D eigenvalue weighted by Crippen LogP contribution is -3.13. The van der Waals surface area contributed by atoms with Gasteiger partial charge in [-0.25, -0.2) is 4.68 Å². The standard InChI is InChI=1S/C24H31N7O/c1-29(2)21-10-8-19(9-11-21)22(30-15-13-20(14-16-30)23(25)32)24-26-27-28-31(24)17-12-18-6-4-3-5-7-18/h3-11,20,22H,12-17H2,1-2H3,(H2,25,32)/p+1/t22-/m0/s1. The fraction of sp³-hybridized carbons (Fsp3) is 0.417. The van der Waals surface area contributed by atoms with Gasteiger partial charge >= 0.3 is 0 Å². The van der Waals surface area contributed by atoms with Crippen LogP contribution >= 0.6 is 0 Å². The smallest absolute Gasteiger partial charge is 0.220 e. The fourth-order valence-electron chi connectivity index (χ4n) is 4.55. The third kappa shape index (κ3) is 4.96. The van der Waals surface area contributed by atoms with Gasteiger partial charge in [0.05, 0.1) is 13.1 Å². The van der Waals surface area contributed by atoms with Crippen molar-refractivity contribution in [2.75, 3.05) is 32.1 Å². The number of benzene rings is 2. The molecule has 8 nitrogen and oxygen atoms in total. The van der Waals surface area contributed by atoms with Crippen LogP contribution in [0.2, 0.25) is 0 Å². The van der Waals surface area contributed by atoms with Crippen molar-refractivity contribution in [2.24, 2.45) is 11.7 Å². The average Bonchev–Trinajstić information content (AvgIpc) is 3.27. The molecule has 0 saturated carbocycles. The number of carbonyl (C=O) groups excluding carboxylic acids is 1. The number of tetrazole rings is 1. The summed E-state index contributed by atoms with van der Waals surface area (Å²) in [5, 5.41) is 12.8. The van der Waals surface area contributed by atoms with Crippen LogP contribution in [0.1, 0.15) is 35.8 Å². The van der Waals surface area contributed by atoms with Crippen LogP contribution in [-0.4, -0.2) is 53.3 Å². The van der Waals surface area contributed by atoms with E-state index >= 15 is 0 Å². The number of aryl methyl sites for hydroxylation is 2. The predicted octanol–water partition coefficient (Wildman–Crippen LogP) is 0.851. The molecule has 4 rings (SSSR count). The first-order chi connectivity index (χ1) is 15.5. The number of hydrogen-bond acceptors (Lipinski definition) is 5. The molecule has 0 spiro atoms. The molecule has 2 heterocycles. The number of amides is 1. The second kappa shape index (κ2) is 9.91. The van der Waals surface area contributed by atoms with Crippen LogP contribution in [0.3, 0.4) is 0 Å². The molecule has 168 valence electrons. The normalized spacial score (nSPS) is 19.4. The summed E-state index contributed by atoms with van der Waals surface area (Å²) in [6, 6.07) is 19.0. The molecule has 0 radical (unpaired) electrons. The van der Waals surface area contributed by atoms with Crippen LogP contribution in [-0.2, 0) is 17.8 Å². The summed E-state index contributed by atoms with van der Waals surface area (Å²) in [6.07, 6.45) is 2.45. The van der Waals surface area contributed by atoms with Gasteiger partial charge in [0.1, 0.15) is 0 Å². The van der Waals surface area contributed by atoms with E-state index in [1.54, 1.807) is 0 Å². The number of quaternary nitrogens is 1. The molecule has 1 aliphatic rings. The van der Waals surface area contributed by atoms with Crippen molar-refractivity contribution >= 4 is 11.6 Å². The first-order valence-corrected chi connectivity index (χ1v) is 11.2. The second-order valence-electron chi connectivity index (χ2n) is 8.75. The molecule has 3 aromatic rings. The SMILES string of the molecule is CN(C)c1ccc([C@@H](c2nnnn2CCc2ccccc2)[NH+]2CCC(C(N)=O)CC2)cc1. The highest BCUT2D eigenvalue weighted by Gasteiger charge is 2.36. The average molecular weight is 435 g/mol. The number of anilines is 1. The number of primary amides is 1. The Morgan fingerprint density at radius 1 is 1.12 bits per heavy atom. The van der Waals surface area contributed by atoms with E-state index in [-0.39, 0.29) is 17.9 Å². The maximum atomic E-state index is 11.7. The highest BCUT2D eigenvalue weighted by molar-refractivity contribution is 5.76. The second-order valence-corrected chi connectivity index (χ2v) is 8.75. The monoisotopic (exact) mass is 434 g/mol. The van der Waals surface area contributed by atoms with Crippen LogP contribution in [0, 0.1) is 5.92 Å². The molecule has 0 unspecified atom stereocenters. The molecule has 1 aliphatic heterocycles. The molecule has 3 N–H and O–H groups in total. The molecule has 8 heteroatoms. The maximum Gasteiger partial charge on any atom is 0.220 e. The molecule has 0 aliphatic carbocycles. The number of likely N-dealkylation sites (tertiary alicyclic amines) is 1. The topological polar surface area (TPSA) is 94.4 Å². The number of piperidine rings is 1. The number of hydrogen-bond donors (Lipinski definition) is 2. The minimum atomic E-state index is -0.191. The van der Waals surface area contributed by atoms with E-state index in [4.69, 9.17) is 5.73 Å². The predicted molar refractivity (Wildman–Crippen MR) is 123 cm³/mol. The van der Waals surface area contributed by atoms with E-state index in [1.165, 1.54) is 16.0 Å². The van der Waals surface area contributed by atoms with E-state index in [2.05, 4.69) is 69.0 Å². The van der Waals surface area contributed by atoms with Gasteiger partial charge in [-0.15, -0.1) is 5.10 Å². The van der Waals surface area contributed by atoms with Crippen molar-refractivity contribution in [1.29, 1.82) is 0 Å². The van der Waals surface area contributed by atoms with Gasteiger partial charge in [-0.1, -0.05) is 42.5 Å². The van der Waals surface area contributed by atoms with Crippen LogP contribution < -0.4 is 15.5 Å².